The summed E-state index contributed by atoms with van der Waals surface area (Å²) in [5.41, 5.74) is 9.37. The number of carbonyl (C=O) groups excluding carboxylic acids is 1. The van der Waals surface area contributed by atoms with Crippen molar-refractivity contribution in [2.24, 2.45) is 5.73 Å². The maximum Gasteiger partial charge on any atom is 0.241 e. The summed E-state index contributed by atoms with van der Waals surface area (Å²) in [6, 6.07) is 15.8. The minimum absolute atomic E-state index is 0.0288. The van der Waals surface area contributed by atoms with E-state index in [0.717, 1.165) is 12.1 Å². The smallest absolute Gasteiger partial charge is 0.241 e. The van der Waals surface area contributed by atoms with Crippen LogP contribution in [0.3, 0.4) is 0 Å². The van der Waals surface area contributed by atoms with E-state index in [9.17, 15) is 4.79 Å². The number of benzene rings is 2. The molecule has 1 fully saturated rings. The van der Waals surface area contributed by atoms with Crippen LogP contribution >= 0.6 is 0 Å². The van der Waals surface area contributed by atoms with E-state index < -0.39 is 0 Å². The van der Waals surface area contributed by atoms with Crippen LogP contribution in [0.25, 0.3) is 0 Å². The topological polar surface area (TPSA) is 67.6 Å². The van der Waals surface area contributed by atoms with Gasteiger partial charge in [0.25, 0.3) is 0 Å². The van der Waals surface area contributed by atoms with Gasteiger partial charge in [-0.1, -0.05) is 36.4 Å². The average Bonchev–Trinajstić information content (AvgIpc) is 3.03. The van der Waals surface area contributed by atoms with Crippen molar-refractivity contribution in [3.8, 4) is 5.75 Å². The number of rotatable bonds is 5. The standard InChI is InChI=1S/C21H27N3O2/c1-14-9-10-20(26-3)19(11-14)23-21(25)15(2)24-12-17(18(22)13-24)16-7-5-4-6-8-16/h4-11,15,17-18H,12-13,22H2,1-3H3,(H,23,25)/t15?,17-,18+/m0/s1. The largest absolute Gasteiger partial charge is 0.495 e. The van der Waals surface area contributed by atoms with Crippen LogP contribution in [0.2, 0.25) is 0 Å². The molecule has 3 rings (SSSR count). The number of hydrogen-bond acceptors (Lipinski definition) is 4. The first kappa shape index (κ1) is 18.4. The summed E-state index contributed by atoms with van der Waals surface area (Å²) >= 11 is 0. The number of hydrogen-bond donors (Lipinski definition) is 2. The molecule has 1 heterocycles. The second kappa shape index (κ2) is 7.89. The van der Waals surface area contributed by atoms with Crippen LogP contribution in [0.5, 0.6) is 5.75 Å². The van der Waals surface area contributed by atoms with Gasteiger partial charge in [0.2, 0.25) is 5.91 Å². The number of likely N-dealkylation sites (tertiary alicyclic amines) is 1. The quantitative estimate of drug-likeness (QED) is 0.867. The number of ether oxygens (including phenoxy) is 1. The van der Waals surface area contributed by atoms with Gasteiger partial charge < -0.3 is 15.8 Å². The molecule has 2 aromatic rings. The highest BCUT2D eigenvalue weighted by molar-refractivity contribution is 5.96. The number of nitrogens with one attached hydrogen (secondary N) is 1. The Balaban J connectivity index is 1.69. The molecule has 0 bridgehead atoms. The van der Waals surface area contributed by atoms with E-state index in [-0.39, 0.29) is 23.9 Å². The minimum Gasteiger partial charge on any atom is -0.495 e. The number of nitrogens with zero attached hydrogens (tertiary/aromatic N) is 1. The summed E-state index contributed by atoms with van der Waals surface area (Å²) in [6.07, 6.45) is 0. The molecule has 5 heteroatoms. The van der Waals surface area contributed by atoms with Crippen LogP contribution in [0.15, 0.2) is 48.5 Å². The first-order valence-corrected chi connectivity index (χ1v) is 8.99. The van der Waals surface area contributed by atoms with Crippen molar-refractivity contribution < 1.29 is 9.53 Å². The molecule has 0 saturated carbocycles. The van der Waals surface area contributed by atoms with Crippen LogP contribution in [-0.4, -0.2) is 43.1 Å². The van der Waals surface area contributed by atoms with E-state index in [0.29, 0.717) is 18.0 Å². The van der Waals surface area contributed by atoms with Crippen molar-refractivity contribution in [3.63, 3.8) is 0 Å². The lowest BCUT2D eigenvalue weighted by Gasteiger charge is -2.24. The van der Waals surface area contributed by atoms with Gasteiger partial charge >= 0.3 is 0 Å². The molecule has 3 atom stereocenters. The van der Waals surface area contributed by atoms with Crippen LogP contribution in [0, 0.1) is 6.92 Å². The highest BCUT2D eigenvalue weighted by atomic mass is 16.5. The summed E-state index contributed by atoms with van der Waals surface area (Å²) in [5.74, 6) is 0.867. The molecular formula is C21H27N3O2. The van der Waals surface area contributed by atoms with Crippen molar-refractivity contribution in [1.82, 2.24) is 4.90 Å². The monoisotopic (exact) mass is 353 g/mol. The number of amides is 1. The van der Waals surface area contributed by atoms with Crippen molar-refractivity contribution in [2.45, 2.75) is 31.8 Å². The Labute approximate surface area is 155 Å². The van der Waals surface area contributed by atoms with Gasteiger partial charge in [-0.15, -0.1) is 0 Å². The maximum absolute atomic E-state index is 12.8. The molecule has 0 radical (unpaired) electrons. The number of carbonyl (C=O) groups is 1. The van der Waals surface area contributed by atoms with Crippen molar-refractivity contribution >= 4 is 11.6 Å². The molecule has 1 aliphatic rings. The number of aryl methyl sites for hydroxylation is 1. The average molecular weight is 353 g/mol. The van der Waals surface area contributed by atoms with Crippen molar-refractivity contribution in [3.05, 3.63) is 59.7 Å². The van der Waals surface area contributed by atoms with Crippen LogP contribution in [0.1, 0.15) is 24.0 Å². The molecule has 3 N–H and O–H groups in total. The summed E-state index contributed by atoms with van der Waals surface area (Å²) in [7, 11) is 1.60. The number of anilines is 1. The van der Waals surface area contributed by atoms with E-state index in [1.54, 1.807) is 7.11 Å². The van der Waals surface area contributed by atoms with Gasteiger partial charge in [0.05, 0.1) is 18.8 Å². The first-order chi connectivity index (χ1) is 12.5. The van der Waals surface area contributed by atoms with Gasteiger partial charge in [0, 0.05) is 25.0 Å². The van der Waals surface area contributed by atoms with Gasteiger partial charge in [-0.25, -0.2) is 0 Å². The van der Waals surface area contributed by atoms with Gasteiger partial charge in [0.1, 0.15) is 5.75 Å². The maximum atomic E-state index is 12.8. The van der Waals surface area contributed by atoms with E-state index in [1.165, 1.54) is 5.56 Å². The highest BCUT2D eigenvalue weighted by Gasteiger charge is 2.35. The lowest BCUT2D eigenvalue weighted by atomic mass is 9.95. The fourth-order valence-corrected chi connectivity index (χ4v) is 3.55. The summed E-state index contributed by atoms with van der Waals surface area (Å²) in [6.45, 7) is 5.41. The van der Waals surface area contributed by atoms with Crippen LogP contribution in [0.4, 0.5) is 5.69 Å². The zero-order chi connectivity index (χ0) is 18.7. The Morgan fingerprint density at radius 1 is 1.23 bits per heavy atom. The van der Waals surface area contributed by atoms with Gasteiger partial charge in [-0.2, -0.15) is 0 Å². The summed E-state index contributed by atoms with van der Waals surface area (Å²) < 4.78 is 5.35. The third-order valence-electron chi connectivity index (χ3n) is 5.16. The van der Waals surface area contributed by atoms with Crippen LogP contribution < -0.4 is 15.8 Å². The van der Waals surface area contributed by atoms with Crippen molar-refractivity contribution in [2.75, 3.05) is 25.5 Å². The molecule has 0 aromatic heterocycles. The Morgan fingerprint density at radius 3 is 2.65 bits per heavy atom. The minimum atomic E-state index is -0.264. The molecular weight excluding hydrogens is 326 g/mol. The molecule has 1 amide bonds. The second-order valence-corrected chi connectivity index (χ2v) is 7.00. The second-order valence-electron chi connectivity index (χ2n) is 7.00. The SMILES string of the molecule is COc1ccc(C)cc1NC(=O)C(C)N1C[C@@H](N)[C@H](c2ccccc2)C1. The fraction of sp³-hybridized carbons (Fsp3) is 0.381. The summed E-state index contributed by atoms with van der Waals surface area (Å²) in [4.78, 5) is 14.9. The normalized spacial score (nSPS) is 21.4. The molecule has 5 nitrogen and oxygen atoms in total. The molecule has 138 valence electrons. The van der Waals surface area contributed by atoms with E-state index >= 15 is 0 Å². The fourth-order valence-electron chi connectivity index (χ4n) is 3.55. The Morgan fingerprint density at radius 2 is 1.96 bits per heavy atom. The molecule has 26 heavy (non-hydrogen) atoms. The van der Waals surface area contributed by atoms with E-state index in [2.05, 4.69) is 22.3 Å². The van der Waals surface area contributed by atoms with E-state index in [4.69, 9.17) is 10.5 Å². The third kappa shape index (κ3) is 3.89. The van der Waals surface area contributed by atoms with Gasteiger partial charge in [-0.05, 0) is 37.1 Å². The molecule has 0 aliphatic carbocycles. The molecule has 0 spiro atoms. The molecule has 2 aromatic carbocycles. The van der Waals surface area contributed by atoms with Gasteiger partial charge in [0.15, 0.2) is 0 Å². The predicted octanol–water partition coefficient (Wildman–Crippen LogP) is 2.76. The Bertz CT molecular complexity index is 763. The molecule has 1 unspecified atom stereocenters. The molecule has 1 aliphatic heterocycles. The van der Waals surface area contributed by atoms with Crippen molar-refractivity contribution in [1.29, 1.82) is 0 Å². The number of nitrogens with two attached hydrogens (primary N) is 1. The highest BCUT2D eigenvalue weighted by Crippen LogP contribution is 2.29. The zero-order valence-corrected chi connectivity index (χ0v) is 15.6. The molecule has 1 saturated heterocycles. The zero-order valence-electron chi connectivity index (χ0n) is 15.6. The summed E-state index contributed by atoms with van der Waals surface area (Å²) in [5, 5.41) is 3.00. The first-order valence-electron chi connectivity index (χ1n) is 8.99. The number of methoxy groups -OCH3 is 1. The predicted molar refractivity (Wildman–Crippen MR) is 105 cm³/mol. The van der Waals surface area contributed by atoms with E-state index in [1.807, 2.05) is 50.2 Å². The Hall–Kier alpha value is -2.37. The van der Waals surface area contributed by atoms with Crippen LogP contribution in [-0.2, 0) is 4.79 Å². The van der Waals surface area contributed by atoms with Gasteiger partial charge in [-0.3, -0.25) is 9.69 Å². The third-order valence-corrected chi connectivity index (χ3v) is 5.16. The lowest BCUT2D eigenvalue weighted by Crippen LogP contribution is -2.41. The lowest BCUT2D eigenvalue weighted by molar-refractivity contribution is -0.120. The Kier molecular flexibility index (Phi) is 5.59.